The number of carbonyl (C=O) groups excluding carboxylic acids is 2. The molecule has 1 aliphatic rings. The predicted molar refractivity (Wildman–Crippen MR) is 135 cm³/mol. The van der Waals surface area contributed by atoms with Crippen molar-refractivity contribution in [3.05, 3.63) is 94.7 Å². The molecule has 0 fully saturated rings. The van der Waals surface area contributed by atoms with Crippen molar-refractivity contribution >= 4 is 27.5 Å². The molecule has 0 aliphatic heterocycles. The summed E-state index contributed by atoms with van der Waals surface area (Å²) in [5.74, 6) is -1.06. The first-order chi connectivity index (χ1) is 17.7. The third-order valence-electron chi connectivity index (χ3n) is 6.15. The van der Waals surface area contributed by atoms with Gasteiger partial charge in [0, 0.05) is 22.4 Å². The molecule has 0 bridgehead atoms. The molecule has 11 heteroatoms. The number of hydrogen-bond acceptors (Lipinski definition) is 6. The van der Waals surface area contributed by atoms with Gasteiger partial charge in [-0.05, 0) is 73.0 Å². The number of aromatic nitrogens is 2. The number of amides is 2. The third kappa shape index (κ3) is 4.47. The second kappa shape index (κ2) is 9.02. The van der Waals surface area contributed by atoms with Crippen LogP contribution >= 0.6 is 0 Å². The highest BCUT2D eigenvalue weighted by molar-refractivity contribution is 7.89. The summed E-state index contributed by atoms with van der Waals surface area (Å²) in [6.07, 6.45) is 1.17. The van der Waals surface area contributed by atoms with Gasteiger partial charge in [0.2, 0.25) is 10.0 Å². The van der Waals surface area contributed by atoms with Gasteiger partial charge >= 0.3 is 0 Å². The van der Waals surface area contributed by atoms with E-state index in [9.17, 15) is 18.0 Å². The van der Waals surface area contributed by atoms with Crippen LogP contribution in [0.2, 0.25) is 0 Å². The number of hydrogen-bond donors (Lipinski definition) is 3. The fraction of sp³-hybridized carbons (Fsp3) is 0.0769. The van der Waals surface area contributed by atoms with Crippen molar-refractivity contribution in [2.45, 2.75) is 17.7 Å². The maximum Gasteiger partial charge on any atom is 0.269 e. The Morgan fingerprint density at radius 2 is 1.78 bits per heavy atom. The van der Waals surface area contributed by atoms with Crippen LogP contribution in [-0.2, 0) is 22.9 Å². The highest BCUT2D eigenvalue weighted by Gasteiger charge is 2.28. The number of primary amides is 1. The summed E-state index contributed by atoms with van der Waals surface area (Å²) in [4.78, 5) is 25.0. The number of nitrogens with zero attached hydrogens (tertiary/aromatic N) is 3. The number of anilines is 1. The lowest BCUT2D eigenvalue weighted by atomic mass is 9.88. The van der Waals surface area contributed by atoms with Gasteiger partial charge in [0.05, 0.1) is 27.9 Å². The highest BCUT2D eigenvalue weighted by atomic mass is 32.2. The highest BCUT2D eigenvalue weighted by Crippen LogP contribution is 2.38. The monoisotopic (exact) mass is 512 g/mol. The summed E-state index contributed by atoms with van der Waals surface area (Å²) in [5.41, 5.74) is 10.5. The molecule has 1 heterocycles. The lowest BCUT2D eigenvalue weighted by molar-refractivity contribution is 0.0992. The summed E-state index contributed by atoms with van der Waals surface area (Å²) < 4.78 is 24.9. The largest absolute Gasteiger partial charge is 0.364 e. The number of sulfonamides is 1. The molecule has 1 aliphatic carbocycles. The van der Waals surface area contributed by atoms with Crippen molar-refractivity contribution in [1.29, 1.82) is 5.26 Å². The molecular formula is C26H20N6O4S. The molecule has 10 nitrogen and oxygen atoms in total. The standard InChI is InChI=1S/C26H20N6O4S/c27-14-15-2-1-3-17(12-15)26(34)30-18-6-4-16-5-11-21-23(25(28)33)31-32(24(21)22(16)13-18)19-7-9-20(10-8-19)37(29,35)36/h1-4,6-10,12-13H,5,11H2,(H2,28,33)(H,30,34)(H2,29,35,36). The summed E-state index contributed by atoms with van der Waals surface area (Å²) in [6, 6.07) is 19.7. The van der Waals surface area contributed by atoms with E-state index in [1.54, 1.807) is 47.1 Å². The van der Waals surface area contributed by atoms with Crippen molar-refractivity contribution in [3.63, 3.8) is 0 Å². The van der Waals surface area contributed by atoms with Crippen LogP contribution in [0, 0.1) is 11.3 Å². The zero-order chi connectivity index (χ0) is 26.3. The number of primary sulfonamides is 1. The molecule has 4 aromatic rings. The lowest BCUT2D eigenvalue weighted by Crippen LogP contribution is -2.15. The van der Waals surface area contributed by atoms with E-state index in [4.69, 9.17) is 16.1 Å². The number of rotatable bonds is 5. The number of benzene rings is 3. The Bertz CT molecular complexity index is 1730. The van der Waals surface area contributed by atoms with Gasteiger partial charge in [-0.1, -0.05) is 12.1 Å². The topological polar surface area (TPSA) is 174 Å². The van der Waals surface area contributed by atoms with Crippen molar-refractivity contribution in [1.82, 2.24) is 9.78 Å². The van der Waals surface area contributed by atoms with Crippen LogP contribution in [0.1, 0.15) is 37.5 Å². The minimum absolute atomic E-state index is 0.0572. The number of aryl methyl sites for hydroxylation is 1. The van der Waals surface area contributed by atoms with Gasteiger partial charge in [-0.3, -0.25) is 9.59 Å². The van der Waals surface area contributed by atoms with Crippen molar-refractivity contribution < 1.29 is 18.0 Å². The van der Waals surface area contributed by atoms with Gasteiger partial charge in [-0.25, -0.2) is 18.2 Å². The van der Waals surface area contributed by atoms with Gasteiger partial charge in [0.25, 0.3) is 11.8 Å². The van der Waals surface area contributed by atoms with E-state index >= 15 is 0 Å². The van der Waals surface area contributed by atoms with E-state index in [-0.39, 0.29) is 16.5 Å². The maximum absolute atomic E-state index is 12.8. The van der Waals surface area contributed by atoms with Crippen LogP contribution in [0.15, 0.2) is 71.6 Å². The zero-order valence-corrected chi connectivity index (χ0v) is 20.1. The Labute approximate surface area is 212 Å². The van der Waals surface area contributed by atoms with E-state index in [1.165, 1.54) is 18.2 Å². The fourth-order valence-electron chi connectivity index (χ4n) is 4.41. The first-order valence-corrected chi connectivity index (χ1v) is 12.7. The number of nitrogens with one attached hydrogen (secondary N) is 1. The van der Waals surface area contributed by atoms with Crippen LogP contribution in [0.4, 0.5) is 5.69 Å². The van der Waals surface area contributed by atoms with Crippen LogP contribution in [0.25, 0.3) is 16.9 Å². The van der Waals surface area contributed by atoms with E-state index in [1.807, 2.05) is 12.1 Å². The average molecular weight is 513 g/mol. The quantitative estimate of drug-likeness (QED) is 0.370. The summed E-state index contributed by atoms with van der Waals surface area (Å²) in [5, 5.41) is 21.6. The van der Waals surface area contributed by atoms with Gasteiger partial charge in [0.15, 0.2) is 5.69 Å². The lowest BCUT2D eigenvalue weighted by Gasteiger charge is -2.20. The molecule has 2 amide bonds. The molecule has 37 heavy (non-hydrogen) atoms. The number of nitrogens with two attached hydrogens (primary N) is 2. The minimum Gasteiger partial charge on any atom is -0.364 e. The Hall–Kier alpha value is -4.79. The Morgan fingerprint density at radius 1 is 1.03 bits per heavy atom. The fourth-order valence-corrected chi connectivity index (χ4v) is 4.93. The van der Waals surface area contributed by atoms with Crippen LogP contribution in [-0.4, -0.2) is 30.0 Å². The number of fused-ring (bicyclic) bond motifs is 3. The number of nitriles is 1. The van der Waals surface area contributed by atoms with Crippen LogP contribution in [0.3, 0.4) is 0 Å². The van der Waals surface area contributed by atoms with Gasteiger partial charge in [-0.15, -0.1) is 0 Å². The Kier molecular flexibility index (Phi) is 5.83. The van der Waals surface area contributed by atoms with Crippen molar-refractivity contribution in [2.24, 2.45) is 10.9 Å². The molecular weight excluding hydrogens is 492 g/mol. The smallest absolute Gasteiger partial charge is 0.269 e. The average Bonchev–Trinajstić information content (AvgIpc) is 3.29. The van der Waals surface area contributed by atoms with E-state index < -0.39 is 15.9 Å². The second-order valence-electron chi connectivity index (χ2n) is 8.51. The van der Waals surface area contributed by atoms with Crippen molar-refractivity contribution in [3.8, 4) is 23.0 Å². The molecule has 0 radical (unpaired) electrons. The molecule has 5 N–H and O–H groups in total. The van der Waals surface area contributed by atoms with Gasteiger partial charge in [-0.2, -0.15) is 10.4 Å². The van der Waals surface area contributed by atoms with Crippen LogP contribution in [0.5, 0.6) is 0 Å². The molecule has 1 aromatic heterocycles. The summed E-state index contributed by atoms with van der Waals surface area (Å²) in [7, 11) is -3.88. The van der Waals surface area contributed by atoms with E-state index in [0.717, 1.165) is 11.1 Å². The first-order valence-electron chi connectivity index (χ1n) is 11.2. The zero-order valence-electron chi connectivity index (χ0n) is 19.3. The van der Waals surface area contributed by atoms with Gasteiger partial charge < -0.3 is 11.1 Å². The van der Waals surface area contributed by atoms with Gasteiger partial charge in [0.1, 0.15) is 0 Å². The minimum atomic E-state index is -3.88. The molecule has 3 aromatic carbocycles. The molecule has 0 spiro atoms. The SMILES string of the molecule is N#Cc1cccc(C(=O)Nc2ccc3c(c2)-c2c(c(C(N)=O)nn2-c2ccc(S(N)(=O)=O)cc2)CC3)c1. The normalized spacial score (nSPS) is 12.2. The summed E-state index contributed by atoms with van der Waals surface area (Å²) >= 11 is 0. The van der Waals surface area contributed by atoms with E-state index in [2.05, 4.69) is 10.4 Å². The summed E-state index contributed by atoms with van der Waals surface area (Å²) in [6.45, 7) is 0. The Morgan fingerprint density at radius 3 is 2.46 bits per heavy atom. The first kappa shape index (κ1) is 23.9. The molecule has 0 atom stereocenters. The Balaban J connectivity index is 1.59. The molecule has 0 saturated heterocycles. The molecule has 0 unspecified atom stereocenters. The van der Waals surface area contributed by atoms with E-state index in [0.29, 0.717) is 46.6 Å². The maximum atomic E-state index is 12.8. The molecule has 5 rings (SSSR count). The molecule has 0 saturated carbocycles. The predicted octanol–water partition coefficient (Wildman–Crippen LogP) is 2.51. The number of carbonyl (C=O) groups is 2. The van der Waals surface area contributed by atoms with Crippen LogP contribution < -0.4 is 16.2 Å². The molecule has 184 valence electrons. The third-order valence-corrected chi connectivity index (χ3v) is 7.08. The van der Waals surface area contributed by atoms with Crippen molar-refractivity contribution in [2.75, 3.05) is 5.32 Å². The second-order valence-corrected chi connectivity index (χ2v) is 10.1.